The van der Waals surface area contributed by atoms with E-state index in [2.05, 4.69) is 9.72 Å². The van der Waals surface area contributed by atoms with Crippen LogP contribution in [0.4, 0.5) is 17.6 Å². The highest BCUT2D eigenvalue weighted by atomic mass is 19.4. The lowest BCUT2D eigenvalue weighted by Crippen LogP contribution is -2.17. The van der Waals surface area contributed by atoms with Crippen LogP contribution in [0.2, 0.25) is 0 Å². The van der Waals surface area contributed by atoms with Crippen molar-refractivity contribution in [3.63, 3.8) is 0 Å². The Bertz CT molecular complexity index is 641. The molecule has 0 spiro atoms. The number of alkyl halides is 3. The van der Waals surface area contributed by atoms with E-state index in [0.717, 1.165) is 18.2 Å². The van der Waals surface area contributed by atoms with Crippen molar-refractivity contribution < 1.29 is 27.1 Å². The molecule has 0 atom stereocenters. The number of pyridine rings is 1. The van der Waals surface area contributed by atoms with E-state index in [4.69, 9.17) is 0 Å². The molecule has 0 aliphatic heterocycles. The van der Waals surface area contributed by atoms with E-state index in [-0.39, 0.29) is 16.8 Å². The molecule has 20 heavy (non-hydrogen) atoms. The lowest BCUT2D eigenvalue weighted by molar-refractivity contribution is -0.274. The summed E-state index contributed by atoms with van der Waals surface area (Å²) >= 11 is 0. The molecule has 0 saturated carbocycles. The SMILES string of the molecule is O=Cc1cc(F)nc(-c2cccc(OC(F)(F)F)c2)c1. The first-order chi connectivity index (χ1) is 9.37. The summed E-state index contributed by atoms with van der Waals surface area (Å²) < 4.78 is 53.3. The van der Waals surface area contributed by atoms with Crippen molar-refractivity contribution >= 4 is 6.29 Å². The Morgan fingerprint density at radius 2 is 1.90 bits per heavy atom. The molecule has 0 unspecified atom stereocenters. The van der Waals surface area contributed by atoms with Crippen molar-refractivity contribution in [2.45, 2.75) is 6.36 Å². The summed E-state index contributed by atoms with van der Waals surface area (Å²) in [6.45, 7) is 0. The first-order valence-electron chi connectivity index (χ1n) is 5.36. The number of aldehydes is 1. The monoisotopic (exact) mass is 285 g/mol. The molecule has 1 aromatic heterocycles. The smallest absolute Gasteiger partial charge is 0.406 e. The molecule has 104 valence electrons. The second-order valence-corrected chi connectivity index (χ2v) is 3.80. The quantitative estimate of drug-likeness (QED) is 0.491. The number of benzene rings is 1. The number of halogens is 4. The zero-order valence-electron chi connectivity index (χ0n) is 9.82. The standard InChI is InChI=1S/C13H7F4NO2/c14-12-5-8(7-19)4-11(18-12)9-2-1-3-10(6-9)20-13(15,16)17/h1-7H. The van der Waals surface area contributed by atoms with Gasteiger partial charge in [0, 0.05) is 17.2 Å². The van der Waals surface area contributed by atoms with E-state index < -0.39 is 18.1 Å². The van der Waals surface area contributed by atoms with Crippen LogP contribution in [0.1, 0.15) is 10.4 Å². The summed E-state index contributed by atoms with van der Waals surface area (Å²) in [7, 11) is 0. The number of hydrogen-bond donors (Lipinski definition) is 0. The van der Waals surface area contributed by atoms with Gasteiger partial charge in [0.2, 0.25) is 5.95 Å². The number of carbonyl (C=O) groups is 1. The van der Waals surface area contributed by atoms with Crippen LogP contribution in [0, 0.1) is 5.95 Å². The predicted octanol–water partition coefficient (Wildman–Crippen LogP) is 3.60. The Labute approximate surface area is 110 Å². The van der Waals surface area contributed by atoms with Crippen LogP contribution in [-0.2, 0) is 0 Å². The van der Waals surface area contributed by atoms with E-state index in [0.29, 0.717) is 6.29 Å². The van der Waals surface area contributed by atoms with E-state index in [1.807, 2.05) is 0 Å². The van der Waals surface area contributed by atoms with Crippen LogP contribution >= 0.6 is 0 Å². The van der Waals surface area contributed by atoms with Gasteiger partial charge < -0.3 is 4.74 Å². The predicted molar refractivity (Wildman–Crippen MR) is 61.7 cm³/mol. The van der Waals surface area contributed by atoms with Gasteiger partial charge in [-0.1, -0.05) is 12.1 Å². The largest absolute Gasteiger partial charge is 0.573 e. The normalized spacial score (nSPS) is 11.2. The number of ether oxygens (including phenoxy) is 1. The zero-order valence-corrected chi connectivity index (χ0v) is 9.82. The van der Waals surface area contributed by atoms with Crippen LogP contribution in [0.15, 0.2) is 36.4 Å². The summed E-state index contributed by atoms with van der Waals surface area (Å²) in [6.07, 6.45) is -4.40. The number of aromatic nitrogens is 1. The minimum atomic E-state index is -4.82. The highest BCUT2D eigenvalue weighted by Gasteiger charge is 2.31. The number of carbonyl (C=O) groups excluding carboxylic acids is 1. The Morgan fingerprint density at radius 3 is 2.55 bits per heavy atom. The van der Waals surface area contributed by atoms with Gasteiger partial charge >= 0.3 is 6.36 Å². The minimum absolute atomic E-state index is 0.0367. The maximum Gasteiger partial charge on any atom is 0.573 e. The molecule has 2 aromatic rings. The Hall–Kier alpha value is -2.44. The molecule has 7 heteroatoms. The van der Waals surface area contributed by atoms with E-state index in [1.54, 1.807) is 0 Å². The maximum atomic E-state index is 13.2. The Balaban J connectivity index is 2.40. The molecule has 0 fully saturated rings. The molecule has 3 nitrogen and oxygen atoms in total. The molecular formula is C13H7F4NO2. The fourth-order valence-corrected chi connectivity index (χ4v) is 1.59. The number of hydrogen-bond acceptors (Lipinski definition) is 3. The van der Waals surface area contributed by atoms with E-state index >= 15 is 0 Å². The van der Waals surface area contributed by atoms with Crippen LogP contribution in [0.5, 0.6) is 5.75 Å². The van der Waals surface area contributed by atoms with Gasteiger partial charge in [-0.25, -0.2) is 4.98 Å². The van der Waals surface area contributed by atoms with E-state index in [9.17, 15) is 22.4 Å². The van der Waals surface area contributed by atoms with E-state index in [1.165, 1.54) is 18.2 Å². The number of rotatable bonds is 3. The average Bonchev–Trinajstić information content (AvgIpc) is 2.36. The van der Waals surface area contributed by atoms with Crippen LogP contribution < -0.4 is 4.74 Å². The fourth-order valence-electron chi connectivity index (χ4n) is 1.59. The van der Waals surface area contributed by atoms with Crippen molar-refractivity contribution in [3.05, 3.63) is 47.9 Å². The fraction of sp³-hybridized carbons (Fsp3) is 0.0769. The molecular weight excluding hydrogens is 278 g/mol. The van der Waals surface area contributed by atoms with Gasteiger partial charge in [0.1, 0.15) is 12.0 Å². The van der Waals surface area contributed by atoms with Crippen molar-refractivity contribution in [3.8, 4) is 17.0 Å². The molecule has 1 heterocycles. The van der Waals surface area contributed by atoms with Crippen molar-refractivity contribution in [1.29, 1.82) is 0 Å². The first-order valence-corrected chi connectivity index (χ1v) is 5.36. The van der Waals surface area contributed by atoms with Gasteiger partial charge in [-0.3, -0.25) is 4.79 Å². The Morgan fingerprint density at radius 1 is 1.15 bits per heavy atom. The molecule has 0 saturated heterocycles. The van der Waals surface area contributed by atoms with Gasteiger partial charge in [0.05, 0.1) is 5.69 Å². The molecule has 0 radical (unpaired) electrons. The maximum absolute atomic E-state index is 13.2. The minimum Gasteiger partial charge on any atom is -0.406 e. The molecule has 2 rings (SSSR count). The van der Waals surface area contributed by atoms with Crippen LogP contribution in [-0.4, -0.2) is 17.6 Å². The molecule has 0 bridgehead atoms. The third-order valence-electron chi connectivity index (χ3n) is 2.32. The van der Waals surface area contributed by atoms with Crippen LogP contribution in [0.3, 0.4) is 0 Å². The summed E-state index contributed by atoms with van der Waals surface area (Å²) in [5, 5.41) is 0. The lowest BCUT2D eigenvalue weighted by atomic mass is 10.1. The van der Waals surface area contributed by atoms with Crippen molar-refractivity contribution in [2.24, 2.45) is 0 Å². The third kappa shape index (κ3) is 3.53. The first kappa shape index (κ1) is 14.0. The van der Waals surface area contributed by atoms with Crippen molar-refractivity contribution in [1.82, 2.24) is 4.98 Å². The lowest BCUT2D eigenvalue weighted by Gasteiger charge is -2.10. The third-order valence-corrected chi connectivity index (χ3v) is 2.32. The second-order valence-electron chi connectivity index (χ2n) is 3.80. The summed E-state index contributed by atoms with van der Waals surface area (Å²) in [4.78, 5) is 14.2. The van der Waals surface area contributed by atoms with Gasteiger partial charge in [-0.15, -0.1) is 13.2 Å². The van der Waals surface area contributed by atoms with Gasteiger partial charge in [-0.05, 0) is 18.2 Å². The summed E-state index contributed by atoms with van der Waals surface area (Å²) in [5.41, 5.74) is 0.281. The molecule has 0 N–H and O–H groups in total. The molecule has 0 aliphatic carbocycles. The molecule has 0 amide bonds. The number of nitrogens with zero attached hydrogens (tertiary/aromatic N) is 1. The highest BCUT2D eigenvalue weighted by molar-refractivity contribution is 5.77. The zero-order chi connectivity index (χ0) is 14.8. The summed E-state index contributed by atoms with van der Waals surface area (Å²) in [6, 6.07) is 7.10. The molecule has 1 aromatic carbocycles. The van der Waals surface area contributed by atoms with Crippen LogP contribution in [0.25, 0.3) is 11.3 Å². The van der Waals surface area contributed by atoms with Gasteiger partial charge in [-0.2, -0.15) is 4.39 Å². The Kier molecular flexibility index (Phi) is 3.69. The van der Waals surface area contributed by atoms with Crippen molar-refractivity contribution in [2.75, 3.05) is 0 Å². The summed E-state index contributed by atoms with van der Waals surface area (Å²) in [5.74, 6) is -1.35. The topological polar surface area (TPSA) is 39.2 Å². The second kappa shape index (κ2) is 5.28. The van der Waals surface area contributed by atoms with Gasteiger partial charge in [0.15, 0.2) is 0 Å². The molecule has 0 aliphatic rings. The average molecular weight is 285 g/mol. The highest BCUT2D eigenvalue weighted by Crippen LogP contribution is 2.27. The van der Waals surface area contributed by atoms with Gasteiger partial charge in [0.25, 0.3) is 0 Å².